The molecule has 0 bridgehead atoms. The second kappa shape index (κ2) is 14.0. The highest BCUT2D eigenvalue weighted by atomic mass is 19.1. The van der Waals surface area contributed by atoms with Crippen molar-refractivity contribution >= 4 is 33.4 Å². The molecule has 3 aliphatic heterocycles. The van der Waals surface area contributed by atoms with E-state index in [4.69, 9.17) is 19.2 Å². The predicted molar refractivity (Wildman–Crippen MR) is 194 cm³/mol. The second-order valence-electron chi connectivity index (χ2n) is 15.7. The van der Waals surface area contributed by atoms with Gasteiger partial charge in [-0.05, 0) is 49.8 Å². The molecule has 4 aliphatic rings. The van der Waals surface area contributed by atoms with Crippen LogP contribution in [0.5, 0.6) is 17.6 Å². The van der Waals surface area contributed by atoms with Crippen LogP contribution in [0.2, 0.25) is 0 Å². The van der Waals surface area contributed by atoms with Crippen LogP contribution >= 0.6 is 0 Å². The van der Waals surface area contributed by atoms with Crippen molar-refractivity contribution in [2.45, 2.75) is 57.3 Å². The Morgan fingerprint density at radius 3 is 2.72 bits per heavy atom. The van der Waals surface area contributed by atoms with E-state index in [1.54, 1.807) is 29.7 Å². The maximum atomic E-state index is 17.1. The first kappa shape index (κ1) is 36.5. The van der Waals surface area contributed by atoms with Crippen molar-refractivity contribution in [3.05, 3.63) is 42.0 Å². The topological polar surface area (TPSA) is 134 Å². The van der Waals surface area contributed by atoms with Crippen LogP contribution < -0.4 is 14.4 Å². The van der Waals surface area contributed by atoms with E-state index in [0.29, 0.717) is 38.0 Å². The van der Waals surface area contributed by atoms with E-state index in [1.807, 2.05) is 0 Å². The number of hydrogen-bond acceptors (Lipinski definition) is 11. The van der Waals surface area contributed by atoms with E-state index in [1.165, 1.54) is 31.4 Å². The van der Waals surface area contributed by atoms with Gasteiger partial charge in [0.2, 0.25) is 11.8 Å². The third-order valence-corrected chi connectivity index (χ3v) is 11.6. The van der Waals surface area contributed by atoms with E-state index in [2.05, 4.69) is 14.9 Å². The Labute approximate surface area is 310 Å². The lowest BCUT2D eigenvalue weighted by atomic mass is 9.74. The molecule has 4 atom stereocenters. The molecule has 1 saturated carbocycles. The third-order valence-electron chi connectivity index (χ3n) is 11.6. The zero-order valence-corrected chi connectivity index (χ0v) is 30.7. The highest BCUT2D eigenvalue weighted by Gasteiger charge is 2.52. The standard InChI is InChI=1S/C39H45F3N6O6/c1-22(49)47-15-23(16-47)17-48-18-25(40)14-39(9-5-8-29(39)48)21-54-37-44-34-31(35(45-37)46-10-11-53-20-38(2,51)19-46)36(52-3)43-33(32(34)42)27-13-26(50)12-24-6-4-7-28(41)30(24)27/h4,6-7,12-13,23,25,29,50-51H,5,8-11,14-21H2,1-3H3/t25-,29+,38-,39+/m0/s1. The smallest absolute Gasteiger partial charge is 0.319 e. The molecule has 8 rings (SSSR count). The Morgan fingerprint density at radius 1 is 1.13 bits per heavy atom. The number of piperidine rings is 1. The molecule has 0 unspecified atom stereocenters. The van der Waals surface area contributed by atoms with Gasteiger partial charge >= 0.3 is 6.01 Å². The van der Waals surface area contributed by atoms with Gasteiger partial charge in [-0.3, -0.25) is 9.69 Å². The molecule has 0 radical (unpaired) electrons. The largest absolute Gasteiger partial charge is 0.508 e. The van der Waals surface area contributed by atoms with Crippen LogP contribution in [0.4, 0.5) is 19.0 Å². The molecule has 288 valence electrons. The number of benzene rings is 2. The van der Waals surface area contributed by atoms with Crippen LogP contribution in [0.15, 0.2) is 30.3 Å². The second-order valence-corrected chi connectivity index (χ2v) is 15.7. The molecule has 2 aromatic heterocycles. The van der Waals surface area contributed by atoms with Crippen LogP contribution in [-0.4, -0.2) is 125 Å². The Kier molecular flexibility index (Phi) is 9.46. The lowest BCUT2D eigenvalue weighted by molar-refractivity contribution is -0.136. The summed E-state index contributed by atoms with van der Waals surface area (Å²) in [6, 6.07) is 6.87. The van der Waals surface area contributed by atoms with Gasteiger partial charge in [0, 0.05) is 68.0 Å². The Hall–Kier alpha value is -4.47. The molecule has 12 nitrogen and oxygen atoms in total. The quantitative estimate of drug-likeness (QED) is 0.256. The summed E-state index contributed by atoms with van der Waals surface area (Å²) in [6.07, 6.45) is 1.73. The maximum Gasteiger partial charge on any atom is 0.319 e. The summed E-state index contributed by atoms with van der Waals surface area (Å²) < 4.78 is 65.9. The van der Waals surface area contributed by atoms with Gasteiger partial charge < -0.3 is 34.2 Å². The Bertz CT molecular complexity index is 2100. The number of alkyl halides is 1. The molecule has 1 amide bonds. The summed E-state index contributed by atoms with van der Waals surface area (Å²) in [6.45, 7) is 6.28. The fourth-order valence-electron chi connectivity index (χ4n) is 9.19. The number of hydrogen-bond donors (Lipinski definition) is 2. The average Bonchev–Trinajstić information content (AvgIpc) is 3.44. The molecular formula is C39H45F3N6O6. The molecule has 1 aliphatic carbocycles. The first-order valence-corrected chi connectivity index (χ1v) is 18.5. The highest BCUT2D eigenvalue weighted by molar-refractivity contribution is 6.02. The fraction of sp³-hybridized carbons (Fsp3) is 0.538. The molecule has 2 aromatic carbocycles. The predicted octanol–water partition coefficient (Wildman–Crippen LogP) is 4.86. The van der Waals surface area contributed by atoms with Gasteiger partial charge in [-0.15, -0.1) is 0 Å². The zero-order chi connectivity index (χ0) is 37.9. The number of carbonyl (C=O) groups is 1. The van der Waals surface area contributed by atoms with Gasteiger partial charge in [0.25, 0.3) is 0 Å². The lowest BCUT2D eigenvalue weighted by Gasteiger charge is -2.50. The number of anilines is 1. The minimum atomic E-state index is -1.29. The Morgan fingerprint density at radius 2 is 1.94 bits per heavy atom. The number of phenolic OH excluding ortho intramolecular Hbond substituents is 1. The molecule has 3 saturated heterocycles. The number of aromatic nitrogens is 3. The van der Waals surface area contributed by atoms with Crippen LogP contribution in [0.3, 0.4) is 0 Å². The molecular weight excluding hydrogens is 705 g/mol. The van der Waals surface area contributed by atoms with Gasteiger partial charge in [-0.1, -0.05) is 18.6 Å². The van der Waals surface area contributed by atoms with Gasteiger partial charge in [0.05, 0.1) is 33.5 Å². The number of phenols is 1. The number of ether oxygens (including phenoxy) is 3. The fourth-order valence-corrected chi connectivity index (χ4v) is 9.19. The van der Waals surface area contributed by atoms with Crippen molar-refractivity contribution in [2.75, 3.05) is 71.1 Å². The summed E-state index contributed by atoms with van der Waals surface area (Å²) in [5.41, 5.74) is -2.35. The molecule has 4 aromatic rings. The van der Waals surface area contributed by atoms with E-state index in [0.717, 1.165) is 19.3 Å². The highest BCUT2D eigenvalue weighted by Crippen LogP contribution is 2.49. The van der Waals surface area contributed by atoms with Crippen LogP contribution in [-0.2, 0) is 9.53 Å². The molecule has 5 heterocycles. The number of amides is 1. The number of fused-ring (bicyclic) bond motifs is 3. The minimum absolute atomic E-state index is 0.00334. The van der Waals surface area contributed by atoms with Crippen molar-refractivity contribution in [1.29, 1.82) is 0 Å². The van der Waals surface area contributed by atoms with Gasteiger partial charge in [-0.25, -0.2) is 18.2 Å². The summed E-state index contributed by atoms with van der Waals surface area (Å²) >= 11 is 0. The van der Waals surface area contributed by atoms with E-state index in [-0.39, 0.29) is 102 Å². The summed E-state index contributed by atoms with van der Waals surface area (Å²) in [7, 11) is 1.36. The molecule has 2 N–H and O–H groups in total. The molecule has 54 heavy (non-hydrogen) atoms. The summed E-state index contributed by atoms with van der Waals surface area (Å²) in [5, 5.41) is 22.2. The van der Waals surface area contributed by atoms with Crippen LogP contribution in [0, 0.1) is 23.0 Å². The maximum absolute atomic E-state index is 17.1. The van der Waals surface area contributed by atoms with Crippen LogP contribution in [0.1, 0.15) is 39.5 Å². The average molecular weight is 751 g/mol. The third kappa shape index (κ3) is 6.64. The summed E-state index contributed by atoms with van der Waals surface area (Å²) in [4.78, 5) is 31.4. The van der Waals surface area contributed by atoms with Gasteiger partial charge in [0.15, 0.2) is 5.82 Å². The van der Waals surface area contributed by atoms with Gasteiger partial charge in [-0.2, -0.15) is 9.97 Å². The molecule has 0 spiro atoms. The molecule has 4 fully saturated rings. The normalized spacial score (nSPS) is 26.5. The molecule has 15 heteroatoms. The minimum Gasteiger partial charge on any atom is -0.508 e. The van der Waals surface area contributed by atoms with Crippen molar-refractivity contribution < 1.29 is 42.4 Å². The zero-order valence-electron chi connectivity index (χ0n) is 30.7. The Balaban J connectivity index is 1.21. The monoisotopic (exact) mass is 750 g/mol. The number of β-amino-alcohol motifs (C(OH)–C–C–N with tert-alkyl or cyclic N) is 1. The number of halogens is 3. The first-order valence-electron chi connectivity index (χ1n) is 18.5. The van der Waals surface area contributed by atoms with Crippen LogP contribution in [0.25, 0.3) is 32.9 Å². The lowest BCUT2D eigenvalue weighted by Crippen LogP contribution is -2.60. The number of methoxy groups -OCH3 is 1. The van der Waals surface area contributed by atoms with Gasteiger partial charge in [0.1, 0.15) is 45.8 Å². The van der Waals surface area contributed by atoms with E-state index in [9.17, 15) is 15.0 Å². The van der Waals surface area contributed by atoms with E-state index >= 15 is 13.2 Å². The number of pyridine rings is 1. The van der Waals surface area contributed by atoms with Crippen molar-refractivity contribution in [3.8, 4) is 28.9 Å². The number of nitrogens with zero attached hydrogens (tertiary/aromatic N) is 6. The van der Waals surface area contributed by atoms with Crippen molar-refractivity contribution in [3.63, 3.8) is 0 Å². The number of aromatic hydroxyl groups is 1. The number of carbonyl (C=O) groups excluding carboxylic acids is 1. The van der Waals surface area contributed by atoms with Crippen molar-refractivity contribution in [1.82, 2.24) is 24.8 Å². The first-order chi connectivity index (χ1) is 25.8. The van der Waals surface area contributed by atoms with E-state index < -0.39 is 28.8 Å². The number of aliphatic hydroxyl groups is 1. The van der Waals surface area contributed by atoms with Crippen molar-refractivity contribution in [2.24, 2.45) is 11.3 Å². The number of rotatable bonds is 8. The summed E-state index contributed by atoms with van der Waals surface area (Å²) in [5.74, 6) is -1.31. The SMILES string of the molecule is COc1nc(-c2cc(O)cc3cccc(F)c23)c(F)c2nc(OC[C@]34CCC[C@H]3N(CC3CN(C(C)=O)C3)C[C@@H](F)C4)nc(N3CCOC[C@@](C)(O)C3)c12. The number of likely N-dealkylation sites (tertiary alicyclic amines) is 2.